The van der Waals surface area contributed by atoms with E-state index in [9.17, 15) is 9.59 Å². The van der Waals surface area contributed by atoms with Crippen LogP contribution in [0.25, 0.3) is 0 Å². The molecule has 1 aliphatic carbocycles. The van der Waals surface area contributed by atoms with Gasteiger partial charge in [-0.3, -0.25) is 4.79 Å². The molecule has 172 valence electrons. The van der Waals surface area contributed by atoms with E-state index < -0.39 is 5.60 Å². The van der Waals surface area contributed by atoms with E-state index in [1.54, 1.807) is 32.3 Å². The molecule has 2 amide bonds. The van der Waals surface area contributed by atoms with Gasteiger partial charge in [-0.05, 0) is 82.9 Å². The molecule has 0 aromatic heterocycles. The van der Waals surface area contributed by atoms with Crippen LogP contribution in [0.3, 0.4) is 0 Å². The lowest BCUT2D eigenvalue weighted by molar-refractivity contribution is 0.0161. The Hall–Kier alpha value is -1.95. The number of piperidine rings is 1. The zero-order valence-electron chi connectivity index (χ0n) is 19.5. The van der Waals surface area contributed by atoms with E-state index in [1.165, 1.54) is 11.3 Å². The van der Waals surface area contributed by atoms with Crippen molar-refractivity contribution in [2.45, 2.75) is 65.1 Å². The first kappa shape index (κ1) is 23.7. The summed E-state index contributed by atoms with van der Waals surface area (Å²) >= 11 is 6.30. The molecule has 1 aromatic carbocycles. The molecule has 1 aromatic rings. The molecule has 2 fully saturated rings. The van der Waals surface area contributed by atoms with Gasteiger partial charge in [-0.25, -0.2) is 4.79 Å². The van der Waals surface area contributed by atoms with Crippen molar-refractivity contribution in [2.24, 2.45) is 11.3 Å². The lowest BCUT2D eigenvalue weighted by Gasteiger charge is -2.34. The lowest BCUT2D eigenvalue weighted by atomic mass is 9.89. The number of benzene rings is 1. The molecule has 31 heavy (non-hydrogen) atoms. The van der Waals surface area contributed by atoms with Gasteiger partial charge < -0.3 is 19.3 Å². The van der Waals surface area contributed by atoms with E-state index in [2.05, 4.69) is 6.92 Å². The van der Waals surface area contributed by atoms with Crippen LogP contribution in [0.1, 0.15) is 63.7 Å². The van der Waals surface area contributed by atoms with Gasteiger partial charge in [-0.2, -0.15) is 0 Å². The summed E-state index contributed by atoms with van der Waals surface area (Å²) < 4.78 is 11.6. The van der Waals surface area contributed by atoms with Gasteiger partial charge in [-0.1, -0.05) is 11.6 Å². The number of hydrogen-bond acceptors (Lipinski definition) is 4. The second-order valence-electron chi connectivity index (χ2n) is 10.2. The molecule has 3 rings (SSSR count). The van der Waals surface area contributed by atoms with Crippen LogP contribution in [-0.2, 0) is 4.74 Å². The minimum absolute atomic E-state index is 0.0553. The normalized spacial score (nSPS) is 20.9. The highest BCUT2D eigenvalue weighted by atomic mass is 35.5. The van der Waals surface area contributed by atoms with Crippen LogP contribution in [0.15, 0.2) is 18.2 Å². The van der Waals surface area contributed by atoms with Crippen LogP contribution in [0.2, 0.25) is 5.02 Å². The average Bonchev–Trinajstić information content (AvgIpc) is 3.30. The van der Waals surface area contributed by atoms with E-state index >= 15 is 0 Å². The molecule has 0 bridgehead atoms. The van der Waals surface area contributed by atoms with E-state index in [0.29, 0.717) is 27.7 Å². The zero-order valence-corrected chi connectivity index (χ0v) is 20.3. The Labute approximate surface area is 190 Å². The maximum absolute atomic E-state index is 12.3. The standard InChI is InChI=1S/C24H35ClN2O4/c1-16(30-18-7-8-19(20(25)14-18)21(28)26(5)6)13-17-15-24(17)9-11-27(12-10-24)22(29)31-23(2,3)4/h7-8,14,16-17H,9-13,15H2,1-6H3/t16-,17+/m1/s1. The summed E-state index contributed by atoms with van der Waals surface area (Å²) in [6, 6.07) is 5.25. The Bertz CT molecular complexity index is 825. The quantitative estimate of drug-likeness (QED) is 0.615. The van der Waals surface area contributed by atoms with Crippen LogP contribution in [-0.4, -0.2) is 60.7 Å². The largest absolute Gasteiger partial charge is 0.491 e. The second kappa shape index (κ2) is 8.89. The number of hydrogen-bond donors (Lipinski definition) is 0. The summed E-state index contributed by atoms with van der Waals surface area (Å²) in [6.45, 7) is 9.30. The maximum Gasteiger partial charge on any atom is 0.410 e. The molecule has 1 saturated carbocycles. The van der Waals surface area contributed by atoms with Crippen LogP contribution < -0.4 is 4.74 Å². The fraction of sp³-hybridized carbons (Fsp3) is 0.667. The average molecular weight is 451 g/mol. The highest BCUT2D eigenvalue weighted by molar-refractivity contribution is 6.34. The lowest BCUT2D eigenvalue weighted by Crippen LogP contribution is -2.42. The van der Waals surface area contributed by atoms with Crippen molar-refractivity contribution in [1.29, 1.82) is 0 Å². The minimum atomic E-state index is -0.456. The van der Waals surface area contributed by atoms with Crippen molar-refractivity contribution >= 4 is 23.6 Å². The zero-order chi connectivity index (χ0) is 23.0. The number of likely N-dealkylation sites (tertiary alicyclic amines) is 1. The number of rotatable bonds is 5. The molecule has 2 atom stereocenters. The van der Waals surface area contributed by atoms with Gasteiger partial charge in [0.2, 0.25) is 0 Å². The van der Waals surface area contributed by atoms with Crippen molar-refractivity contribution in [1.82, 2.24) is 9.80 Å². The van der Waals surface area contributed by atoms with Crippen LogP contribution in [0.4, 0.5) is 4.79 Å². The van der Waals surface area contributed by atoms with Crippen LogP contribution in [0, 0.1) is 11.3 Å². The van der Waals surface area contributed by atoms with Gasteiger partial charge in [0.05, 0.1) is 16.7 Å². The summed E-state index contributed by atoms with van der Waals surface area (Å²) in [4.78, 5) is 27.8. The molecule has 1 spiro atoms. The third-order valence-electron chi connectivity index (χ3n) is 6.30. The van der Waals surface area contributed by atoms with Crippen LogP contribution >= 0.6 is 11.6 Å². The monoisotopic (exact) mass is 450 g/mol. The summed E-state index contributed by atoms with van der Waals surface area (Å²) in [5.41, 5.74) is 0.363. The third-order valence-corrected chi connectivity index (χ3v) is 6.61. The smallest absolute Gasteiger partial charge is 0.410 e. The Morgan fingerprint density at radius 1 is 1.26 bits per heavy atom. The first-order valence-corrected chi connectivity index (χ1v) is 11.4. The van der Waals surface area contributed by atoms with Crippen molar-refractivity contribution in [3.05, 3.63) is 28.8 Å². The first-order chi connectivity index (χ1) is 14.4. The topological polar surface area (TPSA) is 59.1 Å². The highest BCUT2D eigenvalue weighted by Crippen LogP contribution is 2.61. The predicted octanol–water partition coefficient (Wildman–Crippen LogP) is 5.24. The maximum atomic E-state index is 12.3. The second-order valence-corrected chi connectivity index (χ2v) is 10.6. The molecular weight excluding hydrogens is 416 g/mol. The summed E-state index contributed by atoms with van der Waals surface area (Å²) in [5.74, 6) is 1.18. The van der Waals surface area contributed by atoms with Crippen molar-refractivity contribution in [3.63, 3.8) is 0 Å². The van der Waals surface area contributed by atoms with Gasteiger partial charge in [0.25, 0.3) is 5.91 Å². The van der Waals surface area contributed by atoms with Crippen molar-refractivity contribution in [3.8, 4) is 5.75 Å². The molecular formula is C24H35ClN2O4. The molecule has 1 saturated heterocycles. The number of ether oxygens (including phenoxy) is 2. The summed E-state index contributed by atoms with van der Waals surface area (Å²) in [6.07, 6.45) is 4.07. The molecule has 1 heterocycles. The Morgan fingerprint density at radius 2 is 1.90 bits per heavy atom. The molecule has 0 N–H and O–H groups in total. The number of carbonyl (C=O) groups excluding carboxylic acids is 2. The van der Waals surface area contributed by atoms with E-state index in [0.717, 1.165) is 32.4 Å². The summed E-state index contributed by atoms with van der Waals surface area (Å²) in [7, 11) is 3.41. The first-order valence-electron chi connectivity index (χ1n) is 11.1. The molecule has 6 nitrogen and oxygen atoms in total. The van der Waals surface area contributed by atoms with E-state index in [4.69, 9.17) is 21.1 Å². The van der Waals surface area contributed by atoms with Gasteiger partial charge in [0.15, 0.2) is 0 Å². The van der Waals surface area contributed by atoms with Gasteiger partial charge in [0.1, 0.15) is 11.4 Å². The van der Waals surface area contributed by atoms with E-state index in [1.807, 2.05) is 25.7 Å². The third kappa shape index (κ3) is 5.85. The number of carbonyl (C=O) groups is 2. The summed E-state index contributed by atoms with van der Waals surface area (Å²) in [5, 5.41) is 0.404. The Morgan fingerprint density at radius 3 is 2.45 bits per heavy atom. The van der Waals surface area contributed by atoms with E-state index in [-0.39, 0.29) is 18.1 Å². The van der Waals surface area contributed by atoms with Gasteiger partial charge in [0, 0.05) is 27.2 Å². The van der Waals surface area contributed by atoms with Gasteiger partial charge >= 0.3 is 6.09 Å². The highest BCUT2D eigenvalue weighted by Gasteiger charge is 2.55. The number of halogens is 1. The molecule has 7 heteroatoms. The van der Waals surface area contributed by atoms with Crippen LogP contribution in [0.5, 0.6) is 5.75 Å². The fourth-order valence-corrected chi connectivity index (χ4v) is 4.75. The molecule has 0 unspecified atom stereocenters. The molecule has 0 radical (unpaired) electrons. The fourth-order valence-electron chi connectivity index (χ4n) is 4.50. The Balaban J connectivity index is 1.48. The Kier molecular flexibility index (Phi) is 6.80. The van der Waals surface area contributed by atoms with Crippen molar-refractivity contribution < 1.29 is 19.1 Å². The minimum Gasteiger partial charge on any atom is -0.491 e. The molecule has 2 aliphatic rings. The predicted molar refractivity (Wildman–Crippen MR) is 122 cm³/mol. The number of amides is 2. The van der Waals surface area contributed by atoms with Crippen molar-refractivity contribution in [2.75, 3.05) is 27.2 Å². The number of nitrogens with zero attached hydrogens (tertiary/aromatic N) is 2. The SMILES string of the molecule is C[C@H](C[C@H]1CC12CCN(C(=O)OC(C)(C)C)CC2)Oc1ccc(C(=O)N(C)C)c(Cl)c1. The van der Waals surface area contributed by atoms with Gasteiger partial charge in [-0.15, -0.1) is 0 Å². The molecule has 1 aliphatic heterocycles.